The number of hydrogen-bond donors (Lipinski definition) is 2. The van der Waals surface area contributed by atoms with Crippen LogP contribution in [0.2, 0.25) is 0 Å². The Morgan fingerprint density at radius 1 is 1.33 bits per heavy atom. The van der Waals surface area contributed by atoms with Crippen LogP contribution in [0.1, 0.15) is 45.9 Å². The molecule has 8 heteroatoms. The molecule has 0 saturated carbocycles. The van der Waals surface area contributed by atoms with E-state index in [0.717, 1.165) is 50.2 Å². The van der Waals surface area contributed by atoms with Gasteiger partial charge in [0.05, 0.1) is 6.54 Å². The Kier molecular flexibility index (Phi) is 9.28. The number of piperidine rings is 1. The summed E-state index contributed by atoms with van der Waals surface area (Å²) in [4.78, 5) is 11.8. The first-order valence-electron chi connectivity index (χ1n) is 10.3. The maximum atomic E-state index is 4.91. The van der Waals surface area contributed by atoms with E-state index in [2.05, 4.69) is 46.4 Å². The normalized spacial score (nSPS) is 23.6. The van der Waals surface area contributed by atoms with Crippen molar-refractivity contribution in [3.8, 4) is 0 Å². The maximum absolute atomic E-state index is 4.91. The Morgan fingerprint density at radius 2 is 2.19 bits per heavy atom. The lowest BCUT2D eigenvalue weighted by Gasteiger charge is -2.33. The van der Waals surface area contributed by atoms with E-state index in [4.69, 9.17) is 4.99 Å². The van der Waals surface area contributed by atoms with Gasteiger partial charge in [-0.25, -0.2) is 9.67 Å². The SMILES string of the molecule is CCNC(=NCC1CCCN(CC(C)C)C1)NC1CCc2ncnn2C1.I. The van der Waals surface area contributed by atoms with Gasteiger partial charge in [-0.05, 0) is 44.6 Å². The minimum absolute atomic E-state index is 0. The molecule has 0 bridgehead atoms. The van der Waals surface area contributed by atoms with Gasteiger partial charge in [0.15, 0.2) is 5.96 Å². The molecule has 2 aliphatic rings. The van der Waals surface area contributed by atoms with Gasteiger partial charge in [-0.15, -0.1) is 24.0 Å². The molecule has 1 fully saturated rings. The molecule has 0 aromatic carbocycles. The molecule has 154 valence electrons. The number of hydrogen-bond acceptors (Lipinski definition) is 4. The third-order valence-electron chi connectivity index (χ3n) is 5.22. The highest BCUT2D eigenvalue weighted by Gasteiger charge is 2.22. The van der Waals surface area contributed by atoms with E-state index in [0.29, 0.717) is 12.0 Å². The van der Waals surface area contributed by atoms with Crippen LogP contribution >= 0.6 is 24.0 Å². The molecule has 1 aromatic rings. The first-order chi connectivity index (χ1) is 12.6. The lowest BCUT2D eigenvalue weighted by molar-refractivity contribution is 0.162. The Morgan fingerprint density at radius 3 is 2.96 bits per heavy atom. The summed E-state index contributed by atoms with van der Waals surface area (Å²) in [5.41, 5.74) is 0. The molecule has 7 nitrogen and oxygen atoms in total. The molecule has 3 heterocycles. The van der Waals surface area contributed by atoms with E-state index < -0.39 is 0 Å². The van der Waals surface area contributed by atoms with Crippen LogP contribution < -0.4 is 10.6 Å². The van der Waals surface area contributed by atoms with Gasteiger partial charge in [0.1, 0.15) is 12.2 Å². The van der Waals surface area contributed by atoms with Crippen LogP contribution in [0.3, 0.4) is 0 Å². The first kappa shape index (κ1) is 22.4. The number of fused-ring (bicyclic) bond motifs is 1. The van der Waals surface area contributed by atoms with Crippen molar-refractivity contribution in [1.82, 2.24) is 30.3 Å². The highest BCUT2D eigenvalue weighted by molar-refractivity contribution is 14.0. The molecule has 1 aromatic heterocycles. The molecule has 0 amide bonds. The van der Waals surface area contributed by atoms with Crippen LogP contribution in [0.4, 0.5) is 0 Å². The van der Waals surface area contributed by atoms with Crippen molar-refractivity contribution in [3.05, 3.63) is 12.2 Å². The molecule has 3 rings (SSSR count). The number of aromatic nitrogens is 3. The maximum Gasteiger partial charge on any atom is 0.191 e. The summed E-state index contributed by atoms with van der Waals surface area (Å²) in [5.74, 6) is 3.45. The number of rotatable bonds is 6. The second-order valence-electron chi connectivity index (χ2n) is 8.12. The van der Waals surface area contributed by atoms with E-state index in [1.165, 1.54) is 32.5 Å². The number of aliphatic imine (C=N–C) groups is 1. The van der Waals surface area contributed by atoms with E-state index in [1.54, 1.807) is 6.33 Å². The van der Waals surface area contributed by atoms with Crippen LogP contribution in [0, 0.1) is 11.8 Å². The second-order valence-corrected chi connectivity index (χ2v) is 8.12. The average Bonchev–Trinajstić information content (AvgIpc) is 3.07. The third kappa shape index (κ3) is 6.89. The highest BCUT2D eigenvalue weighted by Crippen LogP contribution is 2.18. The summed E-state index contributed by atoms with van der Waals surface area (Å²) in [6.07, 6.45) is 6.30. The molecular weight excluding hydrogens is 453 g/mol. The fraction of sp³-hybridized carbons (Fsp3) is 0.842. The van der Waals surface area contributed by atoms with Gasteiger partial charge < -0.3 is 15.5 Å². The lowest BCUT2D eigenvalue weighted by atomic mass is 9.97. The minimum atomic E-state index is 0. The molecule has 2 N–H and O–H groups in total. The molecule has 2 atom stereocenters. The molecule has 0 aliphatic carbocycles. The minimum Gasteiger partial charge on any atom is -0.357 e. The number of likely N-dealkylation sites (tertiary alicyclic amines) is 1. The Hall–Kier alpha value is -0.900. The zero-order valence-electron chi connectivity index (χ0n) is 17.0. The van der Waals surface area contributed by atoms with Gasteiger partial charge in [0, 0.05) is 38.6 Å². The Balaban J connectivity index is 0.00000261. The van der Waals surface area contributed by atoms with Crippen molar-refractivity contribution in [2.75, 3.05) is 32.7 Å². The van der Waals surface area contributed by atoms with Crippen molar-refractivity contribution in [2.24, 2.45) is 16.8 Å². The average molecular weight is 489 g/mol. The zero-order chi connectivity index (χ0) is 18.4. The van der Waals surface area contributed by atoms with Crippen LogP contribution in [0.5, 0.6) is 0 Å². The lowest BCUT2D eigenvalue weighted by Crippen LogP contribution is -2.47. The summed E-state index contributed by atoms with van der Waals surface area (Å²) in [5, 5.41) is 11.3. The Bertz CT molecular complexity index is 586. The van der Waals surface area contributed by atoms with Crippen LogP contribution in [0.15, 0.2) is 11.3 Å². The van der Waals surface area contributed by atoms with E-state index in [9.17, 15) is 0 Å². The van der Waals surface area contributed by atoms with Crippen molar-refractivity contribution in [1.29, 1.82) is 0 Å². The van der Waals surface area contributed by atoms with Crippen molar-refractivity contribution < 1.29 is 0 Å². The van der Waals surface area contributed by atoms with Gasteiger partial charge in [0.2, 0.25) is 0 Å². The molecule has 2 aliphatic heterocycles. The standard InChI is InChI=1S/C19H35N7.HI/c1-4-20-19(24-17-7-8-18-22-14-23-26(18)13-17)21-10-16-6-5-9-25(12-16)11-15(2)3;/h14-17H,4-13H2,1-3H3,(H2,20,21,24);1H. The summed E-state index contributed by atoms with van der Waals surface area (Å²) in [6.45, 7) is 13.0. The third-order valence-corrected chi connectivity index (χ3v) is 5.22. The zero-order valence-corrected chi connectivity index (χ0v) is 19.4. The summed E-state index contributed by atoms with van der Waals surface area (Å²) < 4.78 is 2.01. The number of halogens is 1. The molecule has 2 unspecified atom stereocenters. The van der Waals surface area contributed by atoms with Crippen molar-refractivity contribution >= 4 is 29.9 Å². The topological polar surface area (TPSA) is 70.4 Å². The van der Waals surface area contributed by atoms with E-state index >= 15 is 0 Å². The van der Waals surface area contributed by atoms with E-state index in [-0.39, 0.29) is 24.0 Å². The van der Waals surface area contributed by atoms with Crippen molar-refractivity contribution in [2.45, 2.75) is 59.0 Å². The summed E-state index contributed by atoms with van der Waals surface area (Å²) in [7, 11) is 0. The Labute approximate surface area is 180 Å². The van der Waals surface area contributed by atoms with Crippen LogP contribution in [0.25, 0.3) is 0 Å². The molecule has 0 spiro atoms. The number of nitrogens with zero attached hydrogens (tertiary/aromatic N) is 5. The van der Waals surface area contributed by atoms with Gasteiger partial charge >= 0.3 is 0 Å². The van der Waals surface area contributed by atoms with Gasteiger partial charge in [0.25, 0.3) is 0 Å². The highest BCUT2D eigenvalue weighted by atomic mass is 127. The van der Waals surface area contributed by atoms with E-state index in [1.807, 2.05) is 4.68 Å². The van der Waals surface area contributed by atoms with Gasteiger partial charge in [-0.3, -0.25) is 4.99 Å². The summed E-state index contributed by atoms with van der Waals surface area (Å²) >= 11 is 0. The predicted octanol–water partition coefficient (Wildman–Crippen LogP) is 2.13. The van der Waals surface area contributed by atoms with Crippen LogP contribution in [-0.2, 0) is 13.0 Å². The molecule has 1 saturated heterocycles. The van der Waals surface area contributed by atoms with Gasteiger partial charge in [-0.2, -0.15) is 5.10 Å². The monoisotopic (exact) mass is 489 g/mol. The number of nitrogens with one attached hydrogen (secondary N) is 2. The van der Waals surface area contributed by atoms with Crippen molar-refractivity contribution in [3.63, 3.8) is 0 Å². The van der Waals surface area contributed by atoms with Gasteiger partial charge in [-0.1, -0.05) is 13.8 Å². The fourth-order valence-electron chi connectivity index (χ4n) is 4.07. The molecular formula is C19H36IN7. The van der Waals surface area contributed by atoms with Crippen LogP contribution in [-0.4, -0.2) is 64.4 Å². The number of guanidine groups is 1. The summed E-state index contributed by atoms with van der Waals surface area (Å²) in [6, 6.07) is 0.366. The molecule has 0 radical (unpaired) electrons. The predicted molar refractivity (Wildman–Crippen MR) is 121 cm³/mol. The quantitative estimate of drug-likeness (QED) is 0.364. The first-order valence-corrected chi connectivity index (χ1v) is 10.3. The fourth-order valence-corrected chi connectivity index (χ4v) is 4.07. The number of aryl methyl sites for hydroxylation is 1. The molecule has 27 heavy (non-hydrogen) atoms. The second kappa shape index (κ2) is 11.2. The largest absolute Gasteiger partial charge is 0.357 e. The smallest absolute Gasteiger partial charge is 0.191 e.